The Morgan fingerprint density at radius 2 is 0.603 bits per heavy atom. The van der Waals surface area contributed by atoms with Crippen LogP contribution in [0.4, 0.5) is 0 Å². The fourth-order valence-corrected chi connectivity index (χ4v) is 7.83. The first kappa shape index (κ1) is 56.4. The minimum Gasteiger partial charge on any atom is -0.462 e. The third-order valence-electron chi connectivity index (χ3n) is 12.2. The number of unbranched alkanes of at least 4 members (excludes halogenated alkanes) is 33. The van der Waals surface area contributed by atoms with E-state index < -0.39 is 6.10 Å². The maximum absolute atomic E-state index is 12.7. The van der Waals surface area contributed by atoms with Gasteiger partial charge in [0.25, 0.3) is 0 Å². The third-order valence-corrected chi connectivity index (χ3v) is 12.2. The second-order valence-corrected chi connectivity index (χ2v) is 18.1. The molecule has 0 aromatic heterocycles. The van der Waals surface area contributed by atoms with Crippen molar-refractivity contribution < 1.29 is 28.6 Å². The summed E-state index contributed by atoms with van der Waals surface area (Å²) in [6.07, 6.45) is 47.9. The number of ether oxygens (including phenoxy) is 3. The Labute approximate surface area is 361 Å². The zero-order valence-electron chi connectivity index (χ0n) is 39.5. The molecule has 0 amide bonds. The molecule has 0 aliphatic heterocycles. The van der Waals surface area contributed by atoms with E-state index in [2.05, 4.69) is 27.7 Å². The molecule has 6 nitrogen and oxygen atoms in total. The van der Waals surface area contributed by atoms with E-state index in [0.717, 1.165) is 63.7 Å². The smallest absolute Gasteiger partial charge is 0.306 e. The first-order valence-corrected chi connectivity index (χ1v) is 25.9. The average Bonchev–Trinajstić information content (AvgIpc) is 3.22. The summed E-state index contributed by atoms with van der Waals surface area (Å²) in [5.41, 5.74) is 0. The van der Waals surface area contributed by atoms with Crippen LogP contribution in [0.25, 0.3) is 0 Å². The van der Waals surface area contributed by atoms with Crippen molar-refractivity contribution in [2.75, 3.05) is 13.2 Å². The van der Waals surface area contributed by atoms with Gasteiger partial charge in [0, 0.05) is 19.3 Å². The molecule has 6 heteroatoms. The Hall–Kier alpha value is -1.59. The van der Waals surface area contributed by atoms with Gasteiger partial charge >= 0.3 is 17.9 Å². The van der Waals surface area contributed by atoms with Crippen LogP contribution >= 0.6 is 0 Å². The first-order valence-electron chi connectivity index (χ1n) is 25.9. The van der Waals surface area contributed by atoms with Gasteiger partial charge < -0.3 is 14.2 Å². The highest BCUT2D eigenvalue weighted by atomic mass is 16.6. The van der Waals surface area contributed by atoms with Crippen LogP contribution in [0.15, 0.2) is 0 Å². The van der Waals surface area contributed by atoms with Gasteiger partial charge in [0.1, 0.15) is 13.2 Å². The molecule has 0 radical (unpaired) electrons. The van der Waals surface area contributed by atoms with Gasteiger partial charge in [0.2, 0.25) is 0 Å². The van der Waals surface area contributed by atoms with Crippen molar-refractivity contribution in [3.8, 4) is 0 Å². The fourth-order valence-electron chi connectivity index (χ4n) is 7.83. The molecule has 0 saturated heterocycles. The maximum Gasteiger partial charge on any atom is 0.306 e. The summed E-state index contributed by atoms with van der Waals surface area (Å²) < 4.78 is 16.8. The summed E-state index contributed by atoms with van der Waals surface area (Å²) >= 11 is 0. The monoisotopic (exact) mass is 821 g/mol. The number of carbonyl (C=O) groups is 3. The van der Waals surface area contributed by atoms with E-state index in [1.807, 2.05) is 0 Å². The molecular weight excluding hydrogens is 721 g/mol. The lowest BCUT2D eigenvalue weighted by Gasteiger charge is -2.18. The zero-order chi connectivity index (χ0) is 42.4. The molecule has 1 unspecified atom stereocenters. The van der Waals surface area contributed by atoms with Crippen LogP contribution in [-0.4, -0.2) is 37.2 Å². The van der Waals surface area contributed by atoms with Crippen LogP contribution in [0.1, 0.15) is 291 Å². The van der Waals surface area contributed by atoms with E-state index in [4.69, 9.17) is 14.2 Å². The van der Waals surface area contributed by atoms with Gasteiger partial charge in [-0.05, 0) is 25.2 Å². The molecule has 2 atom stereocenters. The molecule has 0 aliphatic rings. The van der Waals surface area contributed by atoms with Crippen molar-refractivity contribution in [1.29, 1.82) is 0 Å². The van der Waals surface area contributed by atoms with Crippen LogP contribution in [0, 0.1) is 5.92 Å². The van der Waals surface area contributed by atoms with Gasteiger partial charge in [0.15, 0.2) is 6.10 Å². The highest BCUT2D eigenvalue weighted by molar-refractivity contribution is 5.71. The summed E-state index contributed by atoms with van der Waals surface area (Å²) in [4.78, 5) is 37.9. The largest absolute Gasteiger partial charge is 0.462 e. The molecule has 58 heavy (non-hydrogen) atoms. The summed E-state index contributed by atoms with van der Waals surface area (Å²) in [6, 6.07) is 0. The van der Waals surface area contributed by atoms with E-state index in [-0.39, 0.29) is 31.1 Å². The number of carbonyl (C=O) groups excluding carboxylic acids is 3. The molecule has 0 spiro atoms. The molecule has 0 N–H and O–H groups in total. The molecule has 0 aliphatic carbocycles. The molecule has 0 aromatic rings. The van der Waals surface area contributed by atoms with Crippen molar-refractivity contribution in [2.45, 2.75) is 297 Å². The van der Waals surface area contributed by atoms with Crippen molar-refractivity contribution in [3.05, 3.63) is 0 Å². The highest BCUT2D eigenvalue weighted by Crippen LogP contribution is 2.17. The predicted octanol–water partition coefficient (Wildman–Crippen LogP) is 16.7. The Balaban J connectivity index is 4.27. The maximum atomic E-state index is 12.7. The minimum atomic E-state index is -0.760. The van der Waals surface area contributed by atoms with Gasteiger partial charge in [-0.25, -0.2) is 0 Å². The predicted molar refractivity (Wildman–Crippen MR) is 247 cm³/mol. The number of rotatable bonds is 47. The fraction of sp³-hybridized carbons (Fsp3) is 0.942. The van der Waals surface area contributed by atoms with Crippen LogP contribution in [0.5, 0.6) is 0 Å². The van der Waals surface area contributed by atoms with E-state index in [0.29, 0.717) is 19.3 Å². The van der Waals surface area contributed by atoms with Crippen LogP contribution < -0.4 is 0 Å². The summed E-state index contributed by atoms with van der Waals surface area (Å²) in [7, 11) is 0. The van der Waals surface area contributed by atoms with Crippen LogP contribution in [0.3, 0.4) is 0 Å². The average molecular weight is 821 g/mol. The summed E-state index contributed by atoms with van der Waals surface area (Å²) in [6.45, 7) is 9.04. The summed E-state index contributed by atoms with van der Waals surface area (Å²) in [5, 5.41) is 0. The number of hydrogen-bond donors (Lipinski definition) is 0. The highest BCUT2D eigenvalue weighted by Gasteiger charge is 2.19. The molecule has 0 heterocycles. The second kappa shape index (κ2) is 46.5. The molecule has 344 valence electrons. The van der Waals surface area contributed by atoms with E-state index >= 15 is 0 Å². The molecular formula is C52H100O6. The Morgan fingerprint density at radius 3 is 0.897 bits per heavy atom. The number of esters is 3. The number of hydrogen-bond acceptors (Lipinski definition) is 6. The second-order valence-electron chi connectivity index (χ2n) is 18.1. The quantitative estimate of drug-likeness (QED) is 0.0346. The normalized spacial score (nSPS) is 12.4. The van der Waals surface area contributed by atoms with Crippen molar-refractivity contribution in [3.63, 3.8) is 0 Å². The van der Waals surface area contributed by atoms with Gasteiger partial charge in [0.05, 0.1) is 0 Å². The molecule has 0 fully saturated rings. The van der Waals surface area contributed by atoms with Crippen molar-refractivity contribution in [2.24, 2.45) is 5.92 Å². The minimum absolute atomic E-state index is 0.0629. The Bertz CT molecular complexity index is 874. The van der Waals surface area contributed by atoms with Gasteiger partial charge in [-0.2, -0.15) is 0 Å². The lowest BCUT2D eigenvalue weighted by atomic mass is 9.99. The van der Waals surface area contributed by atoms with Gasteiger partial charge in [-0.1, -0.05) is 252 Å². The Morgan fingerprint density at radius 1 is 0.345 bits per heavy atom. The van der Waals surface area contributed by atoms with Crippen molar-refractivity contribution in [1.82, 2.24) is 0 Å². The molecule has 0 bridgehead atoms. The topological polar surface area (TPSA) is 78.9 Å². The lowest BCUT2D eigenvalue weighted by Crippen LogP contribution is -2.30. The van der Waals surface area contributed by atoms with E-state index in [1.54, 1.807) is 0 Å². The van der Waals surface area contributed by atoms with Gasteiger partial charge in [-0.15, -0.1) is 0 Å². The lowest BCUT2D eigenvalue weighted by molar-refractivity contribution is -0.167. The zero-order valence-corrected chi connectivity index (χ0v) is 39.5. The van der Waals surface area contributed by atoms with Crippen LogP contribution in [0.2, 0.25) is 0 Å². The van der Waals surface area contributed by atoms with Crippen molar-refractivity contribution >= 4 is 17.9 Å². The molecule has 0 saturated carbocycles. The third kappa shape index (κ3) is 44.0. The standard InChI is InChI=1S/C52H100O6/c1-5-8-10-12-14-16-18-19-20-21-22-23-28-31-35-39-43-50(53)56-46-49(58-52(55)45-41-37-33-27-17-15-13-11-9-6-2)47-57-51(54)44-40-36-32-29-25-24-26-30-34-38-42-48(4)7-3/h48-49H,5-47H2,1-4H3/t48?,49-/m0/s1. The molecule has 0 aromatic carbocycles. The summed E-state index contributed by atoms with van der Waals surface area (Å²) in [5.74, 6) is 0.0236. The first-order chi connectivity index (χ1) is 28.4. The van der Waals surface area contributed by atoms with Crippen LogP contribution in [-0.2, 0) is 28.6 Å². The molecule has 0 rings (SSSR count). The van der Waals surface area contributed by atoms with Gasteiger partial charge in [-0.3, -0.25) is 14.4 Å². The van der Waals surface area contributed by atoms with E-state index in [9.17, 15) is 14.4 Å². The Kier molecular flexibility index (Phi) is 45.2. The SMILES string of the molecule is CCCCCCCCCCCCCCCCCCC(=O)OC[C@@H](COC(=O)CCCCCCCCCCCCC(C)CC)OC(=O)CCCCCCCCCCCC. The van der Waals surface area contributed by atoms with E-state index in [1.165, 1.54) is 186 Å².